The van der Waals surface area contributed by atoms with Gasteiger partial charge in [-0.15, -0.1) is 11.3 Å². The molecular weight excluding hydrogens is 416 g/mol. The highest BCUT2D eigenvalue weighted by atomic mass is 32.1. The van der Waals surface area contributed by atoms with Crippen molar-refractivity contribution in [1.29, 1.82) is 0 Å². The fraction of sp³-hybridized carbons (Fsp3) is 0.333. The molecule has 0 unspecified atom stereocenters. The van der Waals surface area contributed by atoms with E-state index in [0.29, 0.717) is 34.9 Å². The Morgan fingerprint density at radius 1 is 1.17 bits per heavy atom. The Kier molecular flexibility index (Phi) is 5.64. The molecule has 1 aliphatic rings. The second-order valence-corrected chi connectivity index (χ2v) is 8.17. The highest BCUT2D eigenvalue weighted by molar-refractivity contribution is 7.13. The summed E-state index contributed by atoms with van der Waals surface area (Å²) in [5.74, 6) is 0.256. The first kappa shape index (κ1) is 20.6. The van der Waals surface area contributed by atoms with Gasteiger partial charge in [-0.2, -0.15) is 13.2 Å². The molecule has 0 radical (unpaired) electrons. The third kappa shape index (κ3) is 4.40. The molecule has 3 heterocycles. The first-order valence-corrected chi connectivity index (χ1v) is 10.4. The summed E-state index contributed by atoms with van der Waals surface area (Å²) in [7, 11) is 1.97. The van der Waals surface area contributed by atoms with Crippen molar-refractivity contribution in [3.63, 3.8) is 0 Å². The van der Waals surface area contributed by atoms with Gasteiger partial charge in [-0.1, -0.05) is 6.07 Å². The van der Waals surface area contributed by atoms with Gasteiger partial charge in [-0.25, -0.2) is 14.4 Å². The summed E-state index contributed by atoms with van der Waals surface area (Å²) >= 11 is 0.982. The number of nitrogens with one attached hydrogen (secondary N) is 1. The van der Waals surface area contributed by atoms with Crippen molar-refractivity contribution < 1.29 is 17.6 Å². The lowest BCUT2D eigenvalue weighted by atomic mass is 9.98. The number of alkyl halides is 3. The lowest BCUT2D eigenvalue weighted by Crippen LogP contribution is -2.25. The van der Waals surface area contributed by atoms with Gasteiger partial charge in [0.05, 0.1) is 16.1 Å². The van der Waals surface area contributed by atoms with E-state index in [1.165, 1.54) is 6.33 Å². The fourth-order valence-electron chi connectivity index (χ4n) is 3.57. The fourth-order valence-corrected chi connectivity index (χ4v) is 4.45. The number of rotatable bonds is 5. The monoisotopic (exact) mass is 436 g/mol. The van der Waals surface area contributed by atoms with E-state index >= 15 is 0 Å². The molecule has 30 heavy (non-hydrogen) atoms. The third-order valence-corrected chi connectivity index (χ3v) is 6.10. The molecule has 0 saturated heterocycles. The van der Waals surface area contributed by atoms with Crippen molar-refractivity contribution in [1.82, 2.24) is 9.97 Å². The van der Waals surface area contributed by atoms with Gasteiger partial charge >= 0.3 is 6.18 Å². The van der Waals surface area contributed by atoms with Gasteiger partial charge in [0, 0.05) is 37.3 Å². The van der Waals surface area contributed by atoms with E-state index in [0.717, 1.165) is 53.4 Å². The van der Waals surface area contributed by atoms with Gasteiger partial charge < -0.3 is 10.2 Å². The van der Waals surface area contributed by atoms with Gasteiger partial charge in [-0.05, 0) is 42.5 Å². The van der Waals surface area contributed by atoms with Crippen molar-refractivity contribution in [2.24, 2.45) is 0 Å². The number of anilines is 2. The molecule has 0 aliphatic carbocycles. The van der Waals surface area contributed by atoms with Gasteiger partial charge in [0.25, 0.3) is 0 Å². The van der Waals surface area contributed by atoms with Gasteiger partial charge in [0.1, 0.15) is 18.0 Å². The summed E-state index contributed by atoms with van der Waals surface area (Å²) in [5, 5.41) is 4.18. The number of aromatic nitrogens is 2. The molecule has 0 spiro atoms. The van der Waals surface area contributed by atoms with E-state index in [1.807, 2.05) is 13.1 Å². The molecule has 4 rings (SSSR count). The van der Waals surface area contributed by atoms with E-state index in [2.05, 4.69) is 20.2 Å². The van der Waals surface area contributed by atoms with Crippen molar-refractivity contribution in [2.45, 2.75) is 25.4 Å². The van der Waals surface area contributed by atoms with Crippen molar-refractivity contribution in [3.05, 3.63) is 58.5 Å². The molecule has 3 aromatic rings. The Hall–Kier alpha value is -2.68. The van der Waals surface area contributed by atoms with Crippen LogP contribution in [0.25, 0.3) is 10.6 Å². The first-order valence-electron chi connectivity index (χ1n) is 9.56. The van der Waals surface area contributed by atoms with Crippen LogP contribution in [0.5, 0.6) is 0 Å². The number of hydrogen-bond acceptors (Lipinski definition) is 5. The van der Waals surface area contributed by atoms with Crippen molar-refractivity contribution >= 4 is 22.8 Å². The Labute approximate surface area is 175 Å². The van der Waals surface area contributed by atoms with Crippen molar-refractivity contribution in [3.8, 4) is 10.6 Å². The predicted octanol–water partition coefficient (Wildman–Crippen LogP) is 5.40. The molecule has 1 aromatic carbocycles. The Morgan fingerprint density at radius 3 is 2.77 bits per heavy atom. The van der Waals surface area contributed by atoms with E-state index in [9.17, 15) is 17.6 Å². The topological polar surface area (TPSA) is 41.0 Å². The number of hydrogen-bond donors (Lipinski definition) is 1. The minimum atomic E-state index is -4.38. The molecule has 0 bridgehead atoms. The summed E-state index contributed by atoms with van der Waals surface area (Å²) in [5.41, 5.74) is 2.46. The molecule has 0 fully saturated rings. The van der Waals surface area contributed by atoms with Gasteiger partial charge in [-0.3, -0.25) is 0 Å². The molecular formula is C21H20F4N4S. The van der Waals surface area contributed by atoms with E-state index < -0.39 is 11.7 Å². The highest BCUT2D eigenvalue weighted by Crippen LogP contribution is 2.36. The standard InChI is InChI=1S/C21H20F4N4S/c1-29-6-2-3-14-7-13(16(22)9-18(14)29)4-5-26-20-10-17(27-12-28-20)19-8-15(11-30-19)21(23,24)25/h7-12H,2-6H2,1H3,(H,26,27,28). The number of nitrogens with zero attached hydrogens (tertiary/aromatic N) is 3. The minimum absolute atomic E-state index is 0.231. The normalized spacial score (nSPS) is 14.0. The van der Waals surface area contributed by atoms with E-state index in [-0.39, 0.29) is 5.82 Å². The number of aryl methyl sites for hydroxylation is 1. The van der Waals surface area contributed by atoms with Crippen LogP contribution in [0.3, 0.4) is 0 Å². The Bertz CT molecular complexity index is 1050. The SMILES string of the molecule is CN1CCCc2cc(CCNc3cc(-c4cc(C(F)(F)F)cs4)ncn3)c(F)cc21. The lowest BCUT2D eigenvalue weighted by Gasteiger charge is -2.28. The van der Waals surface area contributed by atoms with Crippen LogP contribution < -0.4 is 10.2 Å². The summed E-state index contributed by atoms with van der Waals surface area (Å²) in [6.07, 6.45) is -0.609. The lowest BCUT2D eigenvalue weighted by molar-refractivity contribution is -0.137. The summed E-state index contributed by atoms with van der Waals surface area (Å²) < 4.78 is 52.9. The van der Waals surface area contributed by atoms with E-state index in [4.69, 9.17) is 0 Å². The maximum absolute atomic E-state index is 14.5. The van der Waals surface area contributed by atoms with Crippen LogP contribution in [0.4, 0.5) is 29.1 Å². The quantitative estimate of drug-likeness (QED) is 0.544. The first-order chi connectivity index (χ1) is 14.3. The number of benzene rings is 1. The second-order valence-electron chi connectivity index (χ2n) is 7.26. The summed E-state index contributed by atoms with van der Waals surface area (Å²) in [6, 6.07) is 6.21. The molecule has 1 aliphatic heterocycles. The van der Waals surface area contributed by atoms with Crippen LogP contribution in [-0.4, -0.2) is 30.1 Å². The number of thiophene rings is 1. The zero-order valence-electron chi connectivity index (χ0n) is 16.3. The Balaban J connectivity index is 1.43. The average molecular weight is 436 g/mol. The van der Waals surface area contributed by atoms with Crippen molar-refractivity contribution in [2.75, 3.05) is 30.4 Å². The maximum Gasteiger partial charge on any atom is 0.417 e. The molecule has 0 saturated carbocycles. The Morgan fingerprint density at radius 2 is 2.00 bits per heavy atom. The highest BCUT2D eigenvalue weighted by Gasteiger charge is 2.31. The predicted molar refractivity (Wildman–Crippen MR) is 111 cm³/mol. The number of fused-ring (bicyclic) bond motifs is 1. The summed E-state index contributed by atoms with van der Waals surface area (Å²) in [4.78, 5) is 10.7. The molecule has 158 valence electrons. The molecule has 0 amide bonds. The average Bonchev–Trinajstić information content (AvgIpc) is 3.20. The van der Waals surface area contributed by atoms with Crippen LogP contribution >= 0.6 is 11.3 Å². The van der Waals surface area contributed by atoms with Crippen LogP contribution in [0, 0.1) is 5.82 Å². The molecule has 0 atom stereocenters. The zero-order chi connectivity index (χ0) is 21.3. The smallest absolute Gasteiger partial charge is 0.374 e. The van der Waals surface area contributed by atoms with Gasteiger partial charge in [0.15, 0.2) is 0 Å². The van der Waals surface area contributed by atoms with Crippen LogP contribution in [-0.2, 0) is 19.0 Å². The maximum atomic E-state index is 14.5. The molecule has 4 nitrogen and oxygen atoms in total. The molecule has 1 N–H and O–H groups in total. The van der Waals surface area contributed by atoms with E-state index in [1.54, 1.807) is 12.1 Å². The second kappa shape index (κ2) is 8.22. The largest absolute Gasteiger partial charge is 0.417 e. The number of halogens is 4. The minimum Gasteiger partial charge on any atom is -0.374 e. The van der Waals surface area contributed by atoms with Gasteiger partial charge in [0.2, 0.25) is 0 Å². The summed E-state index contributed by atoms with van der Waals surface area (Å²) in [6.45, 7) is 1.37. The van der Waals surface area contributed by atoms with Crippen LogP contribution in [0.15, 0.2) is 36.0 Å². The van der Waals surface area contributed by atoms with Crippen LogP contribution in [0.1, 0.15) is 23.1 Å². The molecule has 2 aromatic heterocycles. The zero-order valence-corrected chi connectivity index (χ0v) is 17.1. The third-order valence-electron chi connectivity index (χ3n) is 5.15. The van der Waals surface area contributed by atoms with Crippen LogP contribution in [0.2, 0.25) is 0 Å². The molecule has 9 heteroatoms.